The van der Waals surface area contributed by atoms with E-state index in [-0.39, 0.29) is 11.2 Å². The van der Waals surface area contributed by atoms with Crippen molar-refractivity contribution in [3.05, 3.63) is 0 Å². The minimum atomic E-state index is -0.323. The van der Waals surface area contributed by atoms with Gasteiger partial charge in [0.05, 0.1) is 5.25 Å². The van der Waals surface area contributed by atoms with Crippen LogP contribution in [0.25, 0.3) is 0 Å². The second kappa shape index (κ2) is 6.46. The molecule has 16 heavy (non-hydrogen) atoms. The van der Waals surface area contributed by atoms with Crippen molar-refractivity contribution in [1.29, 1.82) is 0 Å². The lowest BCUT2D eigenvalue weighted by Gasteiger charge is -2.01. The van der Waals surface area contributed by atoms with Crippen molar-refractivity contribution < 1.29 is 4.79 Å². The molecule has 2 N–H and O–H groups in total. The Balaban J connectivity index is 2.48. The zero-order valence-corrected chi connectivity index (χ0v) is 11.9. The van der Waals surface area contributed by atoms with Crippen LogP contribution in [0.15, 0.2) is 8.68 Å². The number of nitrogens with two attached hydrogens (primary N) is 1. The summed E-state index contributed by atoms with van der Waals surface area (Å²) in [5.74, 6) is 1.34. The number of hydrogen-bond acceptors (Lipinski definition) is 6. The zero-order valence-electron chi connectivity index (χ0n) is 9.47. The van der Waals surface area contributed by atoms with E-state index in [9.17, 15) is 4.79 Å². The van der Waals surface area contributed by atoms with Gasteiger partial charge in [0.15, 0.2) is 8.68 Å². The molecule has 0 radical (unpaired) electrons. The van der Waals surface area contributed by atoms with Crippen LogP contribution in [0, 0.1) is 5.92 Å². The number of aromatic nitrogens is 2. The van der Waals surface area contributed by atoms with Crippen molar-refractivity contribution in [1.82, 2.24) is 10.2 Å². The molecule has 0 fully saturated rings. The summed E-state index contributed by atoms with van der Waals surface area (Å²) in [6.45, 7) is 6.10. The maximum Gasteiger partial charge on any atom is 0.230 e. The van der Waals surface area contributed by atoms with Crippen LogP contribution in [0.5, 0.6) is 0 Å². The molecule has 1 rings (SSSR count). The SMILES string of the molecule is CC(C)CSc1nnc(S[C@@H](C)C(N)=O)s1. The van der Waals surface area contributed by atoms with Crippen LogP contribution >= 0.6 is 34.9 Å². The molecule has 1 atom stereocenters. The Morgan fingerprint density at radius 2 is 2.00 bits per heavy atom. The fourth-order valence-electron chi connectivity index (χ4n) is 0.750. The smallest absolute Gasteiger partial charge is 0.230 e. The van der Waals surface area contributed by atoms with Crippen molar-refractivity contribution in [3.63, 3.8) is 0 Å². The van der Waals surface area contributed by atoms with Crippen molar-refractivity contribution in [3.8, 4) is 0 Å². The average molecular weight is 277 g/mol. The molecule has 0 aliphatic heterocycles. The number of amides is 1. The lowest BCUT2D eigenvalue weighted by Crippen LogP contribution is -2.22. The van der Waals surface area contributed by atoms with Crippen LogP contribution in [0.3, 0.4) is 0 Å². The molecule has 0 aromatic carbocycles. The molecule has 0 aliphatic rings. The molecule has 0 unspecified atom stereocenters. The molecular weight excluding hydrogens is 262 g/mol. The van der Waals surface area contributed by atoms with Crippen molar-refractivity contribution in [2.45, 2.75) is 34.7 Å². The number of carbonyl (C=O) groups is 1. The first-order valence-corrected chi connectivity index (χ1v) is 7.59. The van der Waals surface area contributed by atoms with Crippen LogP contribution in [0.2, 0.25) is 0 Å². The van der Waals surface area contributed by atoms with Gasteiger partial charge in [-0.05, 0) is 12.8 Å². The fraction of sp³-hybridized carbons (Fsp3) is 0.667. The summed E-state index contributed by atoms with van der Waals surface area (Å²) in [6, 6.07) is 0. The largest absolute Gasteiger partial charge is 0.369 e. The van der Waals surface area contributed by atoms with Gasteiger partial charge in [-0.1, -0.05) is 48.7 Å². The molecule has 0 saturated heterocycles. The van der Waals surface area contributed by atoms with Gasteiger partial charge in [-0.2, -0.15) is 0 Å². The number of thioether (sulfide) groups is 2. The van der Waals surface area contributed by atoms with E-state index in [1.165, 1.54) is 23.1 Å². The predicted octanol–water partition coefficient (Wildman–Crippen LogP) is 2.25. The summed E-state index contributed by atoms with van der Waals surface area (Å²) in [5, 5.41) is 7.82. The average Bonchev–Trinajstić information content (AvgIpc) is 2.62. The molecule has 4 nitrogen and oxygen atoms in total. The van der Waals surface area contributed by atoms with Crippen LogP contribution in [0.4, 0.5) is 0 Å². The van der Waals surface area contributed by atoms with Crippen molar-refractivity contribution in [2.24, 2.45) is 11.7 Å². The molecule has 1 aromatic rings. The normalized spacial score (nSPS) is 13.0. The van der Waals surface area contributed by atoms with E-state index in [0.29, 0.717) is 5.92 Å². The van der Waals surface area contributed by atoms with E-state index in [0.717, 1.165) is 14.4 Å². The Morgan fingerprint density at radius 3 is 2.56 bits per heavy atom. The molecule has 1 heterocycles. The molecular formula is C9H15N3OS3. The van der Waals surface area contributed by atoms with E-state index in [4.69, 9.17) is 5.73 Å². The number of nitrogens with zero attached hydrogens (tertiary/aromatic N) is 2. The van der Waals surface area contributed by atoms with Gasteiger partial charge < -0.3 is 5.73 Å². The summed E-state index contributed by atoms with van der Waals surface area (Å²) in [4.78, 5) is 10.9. The number of primary amides is 1. The van der Waals surface area contributed by atoms with E-state index in [2.05, 4.69) is 24.0 Å². The molecule has 0 aliphatic carbocycles. The quantitative estimate of drug-likeness (QED) is 0.808. The van der Waals surface area contributed by atoms with Crippen LogP contribution in [-0.4, -0.2) is 27.1 Å². The monoisotopic (exact) mass is 277 g/mol. The van der Waals surface area contributed by atoms with Gasteiger partial charge >= 0.3 is 0 Å². The lowest BCUT2D eigenvalue weighted by molar-refractivity contribution is -0.117. The molecule has 1 aromatic heterocycles. The first-order valence-electron chi connectivity index (χ1n) is 4.91. The Kier molecular flexibility index (Phi) is 5.57. The second-order valence-corrected chi connectivity index (χ2v) is 7.53. The van der Waals surface area contributed by atoms with Gasteiger partial charge in [-0.25, -0.2) is 0 Å². The number of hydrogen-bond donors (Lipinski definition) is 1. The van der Waals surface area contributed by atoms with Crippen molar-refractivity contribution >= 4 is 40.8 Å². The minimum Gasteiger partial charge on any atom is -0.369 e. The highest BCUT2D eigenvalue weighted by atomic mass is 32.2. The lowest BCUT2D eigenvalue weighted by atomic mass is 10.3. The van der Waals surface area contributed by atoms with E-state index in [1.807, 2.05) is 0 Å². The predicted molar refractivity (Wildman–Crippen MR) is 70.0 cm³/mol. The number of rotatable bonds is 6. The van der Waals surface area contributed by atoms with Crippen molar-refractivity contribution in [2.75, 3.05) is 5.75 Å². The van der Waals surface area contributed by atoms with Crippen LogP contribution in [-0.2, 0) is 4.79 Å². The first-order chi connectivity index (χ1) is 7.49. The molecule has 0 saturated carbocycles. The Morgan fingerprint density at radius 1 is 1.38 bits per heavy atom. The van der Waals surface area contributed by atoms with E-state index in [1.54, 1.807) is 18.7 Å². The summed E-state index contributed by atoms with van der Waals surface area (Å²) < 4.78 is 1.76. The molecule has 90 valence electrons. The fourth-order valence-corrected chi connectivity index (χ4v) is 3.84. The summed E-state index contributed by atoms with van der Waals surface area (Å²) in [6.07, 6.45) is 0. The van der Waals surface area contributed by atoms with Gasteiger partial charge in [0.25, 0.3) is 0 Å². The van der Waals surface area contributed by atoms with E-state index >= 15 is 0 Å². The maximum atomic E-state index is 10.9. The van der Waals surface area contributed by atoms with Gasteiger partial charge in [0, 0.05) is 5.75 Å². The highest BCUT2D eigenvalue weighted by molar-refractivity contribution is 8.03. The second-order valence-electron chi connectivity index (χ2n) is 3.70. The minimum absolute atomic E-state index is 0.254. The Labute approximate surface area is 108 Å². The summed E-state index contributed by atoms with van der Waals surface area (Å²) in [5.41, 5.74) is 5.18. The summed E-state index contributed by atoms with van der Waals surface area (Å²) in [7, 11) is 0. The molecule has 1 amide bonds. The Bertz CT molecular complexity index is 354. The standard InChI is InChI=1S/C9H15N3OS3/c1-5(2)4-14-8-11-12-9(16-8)15-6(3)7(10)13/h5-6H,4H2,1-3H3,(H2,10,13)/t6-/m0/s1. The molecule has 7 heteroatoms. The Hall–Kier alpha value is -0.270. The first kappa shape index (κ1) is 13.8. The third-order valence-corrected chi connectivity index (χ3v) is 5.29. The highest BCUT2D eigenvalue weighted by Gasteiger charge is 2.14. The van der Waals surface area contributed by atoms with Gasteiger partial charge in [0.2, 0.25) is 5.91 Å². The third kappa shape index (κ3) is 4.71. The van der Waals surface area contributed by atoms with Crippen LogP contribution < -0.4 is 5.73 Å². The van der Waals surface area contributed by atoms with Gasteiger partial charge in [0.1, 0.15) is 0 Å². The third-order valence-electron chi connectivity index (χ3n) is 1.61. The molecule has 0 spiro atoms. The molecule has 0 bridgehead atoms. The maximum absolute atomic E-state index is 10.9. The van der Waals surface area contributed by atoms with Gasteiger partial charge in [-0.3, -0.25) is 4.79 Å². The van der Waals surface area contributed by atoms with Crippen LogP contribution in [0.1, 0.15) is 20.8 Å². The van der Waals surface area contributed by atoms with Gasteiger partial charge in [-0.15, -0.1) is 10.2 Å². The summed E-state index contributed by atoms with van der Waals surface area (Å²) >= 11 is 4.58. The topological polar surface area (TPSA) is 68.9 Å². The zero-order chi connectivity index (χ0) is 12.1. The van der Waals surface area contributed by atoms with E-state index < -0.39 is 0 Å². The highest BCUT2D eigenvalue weighted by Crippen LogP contribution is 2.31. The number of carbonyl (C=O) groups excluding carboxylic acids is 1.